The molecule has 0 aromatic heterocycles. The molecule has 1 nitrogen and oxygen atoms in total. The van der Waals surface area contributed by atoms with Gasteiger partial charge in [-0.3, -0.25) is 0 Å². The molecule has 94 valence electrons. The van der Waals surface area contributed by atoms with E-state index in [0.717, 1.165) is 25.2 Å². The highest BCUT2D eigenvalue weighted by atomic mass is 16.5. The molecule has 0 fully saturated rings. The fourth-order valence-electron chi connectivity index (χ4n) is 1.98. The quantitative estimate of drug-likeness (QED) is 0.637. The van der Waals surface area contributed by atoms with Crippen LogP contribution in [-0.4, -0.2) is 6.61 Å². The Morgan fingerprint density at radius 2 is 2.12 bits per heavy atom. The summed E-state index contributed by atoms with van der Waals surface area (Å²) in [6, 6.07) is 6.44. The molecule has 17 heavy (non-hydrogen) atoms. The zero-order chi connectivity index (χ0) is 12.7. The van der Waals surface area contributed by atoms with Gasteiger partial charge in [0.15, 0.2) is 0 Å². The Bertz CT molecular complexity index is 366. The highest BCUT2D eigenvalue weighted by Crippen LogP contribution is 2.26. The van der Waals surface area contributed by atoms with E-state index in [0.29, 0.717) is 5.92 Å². The second-order valence-electron chi connectivity index (χ2n) is 4.57. The molecule has 1 aromatic rings. The van der Waals surface area contributed by atoms with E-state index in [1.165, 1.54) is 11.1 Å². The van der Waals surface area contributed by atoms with Crippen molar-refractivity contribution in [2.45, 2.75) is 46.5 Å². The minimum Gasteiger partial charge on any atom is -0.494 e. The summed E-state index contributed by atoms with van der Waals surface area (Å²) in [5, 5.41) is 0. The molecule has 1 aromatic carbocycles. The zero-order valence-corrected chi connectivity index (χ0v) is 11.5. The predicted molar refractivity (Wildman–Crippen MR) is 74.8 cm³/mol. The van der Waals surface area contributed by atoms with Gasteiger partial charge >= 0.3 is 0 Å². The van der Waals surface area contributed by atoms with Crippen molar-refractivity contribution >= 4 is 0 Å². The van der Waals surface area contributed by atoms with Crippen LogP contribution in [0.2, 0.25) is 0 Å². The van der Waals surface area contributed by atoms with Crippen LogP contribution in [0.1, 0.15) is 50.7 Å². The highest BCUT2D eigenvalue weighted by molar-refractivity contribution is 5.36. The number of allylic oxidation sites excluding steroid dienone is 2. The third-order valence-electron chi connectivity index (χ3n) is 2.97. The maximum Gasteiger partial charge on any atom is 0.119 e. The number of hydrogen-bond donors (Lipinski definition) is 0. The van der Waals surface area contributed by atoms with Crippen LogP contribution in [0.5, 0.6) is 5.75 Å². The zero-order valence-electron chi connectivity index (χ0n) is 11.5. The van der Waals surface area contributed by atoms with Crippen molar-refractivity contribution in [1.82, 2.24) is 0 Å². The molecule has 0 aliphatic heterocycles. The molecule has 0 spiro atoms. The first-order valence-electron chi connectivity index (χ1n) is 6.53. The van der Waals surface area contributed by atoms with E-state index < -0.39 is 0 Å². The summed E-state index contributed by atoms with van der Waals surface area (Å²) in [5.74, 6) is 1.57. The van der Waals surface area contributed by atoms with Crippen LogP contribution in [0.3, 0.4) is 0 Å². The van der Waals surface area contributed by atoms with Crippen LogP contribution in [0, 0.1) is 6.92 Å². The molecule has 0 bridgehead atoms. The largest absolute Gasteiger partial charge is 0.494 e. The number of rotatable bonds is 6. The monoisotopic (exact) mass is 232 g/mol. The lowest BCUT2D eigenvalue weighted by Gasteiger charge is -2.14. The third-order valence-corrected chi connectivity index (χ3v) is 2.97. The van der Waals surface area contributed by atoms with Gasteiger partial charge in [0.2, 0.25) is 0 Å². The maximum atomic E-state index is 5.64. The number of ether oxygens (including phenoxy) is 1. The average Bonchev–Trinajstić information content (AvgIpc) is 2.33. The van der Waals surface area contributed by atoms with Crippen molar-refractivity contribution < 1.29 is 4.74 Å². The summed E-state index contributed by atoms with van der Waals surface area (Å²) in [7, 11) is 0. The summed E-state index contributed by atoms with van der Waals surface area (Å²) in [4.78, 5) is 0. The summed E-state index contributed by atoms with van der Waals surface area (Å²) in [6.45, 7) is 9.43. The van der Waals surface area contributed by atoms with Gasteiger partial charge in [0.1, 0.15) is 5.75 Å². The van der Waals surface area contributed by atoms with Crippen molar-refractivity contribution in [3.63, 3.8) is 0 Å². The molecule has 0 amide bonds. The Morgan fingerprint density at radius 1 is 1.35 bits per heavy atom. The van der Waals surface area contributed by atoms with Gasteiger partial charge in [-0.1, -0.05) is 32.1 Å². The van der Waals surface area contributed by atoms with Crippen molar-refractivity contribution in [1.29, 1.82) is 0 Å². The molecule has 1 unspecified atom stereocenters. The molecular formula is C16H24O. The van der Waals surface area contributed by atoms with Gasteiger partial charge < -0.3 is 4.74 Å². The first kappa shape index (κ1) is 13.8. The van der Waals surface area contributed by atoms with Gasteiger partial charge in [0.05, 0.1) is 6.61 Å². The molecule has 0 saturated carbocycles. The van der Waals surface area contributed by atoms with Gasteiger partial charge in [0, 0.05) is 0 Å². The summed E-state index contributed by atoms with van der Waals surface area (Å²) < 4.78 is 5.64. The van der Waals surface area contributed by atoms with Crippen molar-refractivity contribution in [3.05, 3.63) is 41.5 Å². The summed E-state index contributed by atoms with van der Waals surface area (Å²) >= 11 is 0. The smallest absolute Gasteiger partial charge is 0.119 e. The normalized spacial score (nSPS) is 12.9. The molecular weight excluding hydrogens is 208 g/mol. The van der Waals surface area contributed by atoms with E-state index in [1.807, 2.05) is 0 Å². The van der Waals surface area contributed by atoms with Crippen LogP contribution in [-0.2, 0) is 0 Å². The lowest BCUT2D eigenvalue weighted by atomic mass is 9.93. The molecule has 1 heteroatoms. The lowest BCUT2D eigenvalue weighted by molar-refractivity contribution is 0.317. The molecule has 0 heterocycles. The van der Waals surface area contributed by atoms with Crippen LogP contribution < -0.4 is 4.74 Å². The lowest BCUT2D eigenvalue weighted by Crippen LogP contribution is -1.99. The van der Waals surface area contributed by atoms with Crippen molar-refractivity contribution in [3.8, 4) is 5.75 Å². The van der Waals surface area contributed by atoms with Crippen molar-refractivity contribution in [2.24, 2.45) is 0 Å². The summed E-state index contributed by atoms with van der Waals surface area (Å²) in [6.07, 6.45) is 6.50. The second-order valence-corrected chi connectivity index (χ2v) is 4.57. The number of benzene rings is 1. The average molecular weight is 232 g/mol. The van der Waals surface area contributed by atoms with Crippen LogP contribution in [0.25, 0.3) is 0 Å². The van der Waals surface area contributed by atoms with Crippen LogP contribution >= 0.6 is 0 Å². The molecule has 0 aliphatic rings. The standard InChI is InChI=1S/C16H24O/c1-5-7-8-13(3)16-10-9-15(12-14(16)4)17-11-6-2/h5,7,9-10,12-13H,6,8,11H2,1-4H3/b7-5-. The van der Waals surface area contributed by atoms with E-state index in [-0.39, 0.29) is 0 Å². The molecule has 1 rings (SSSR count). The molecule has 0 N–H and O–H groups in total. The fourth-order valence-corrected chi connectivity index (χ4v) is 1.98. The number of hydrogen-bond acceptors (Lipinski definition) is 1. The van der Waals surface area contributed by atoms with E-state index in [2.05, 4.69) is 58.0 Å². The van der Waals surface area contributed by atoms with E-state index in [4.69, 9.17) is 4.74 Å². The van der Waals surface area contributed by atoms with E-state index >= 15 is 0 Å². The van der Waals surface area contributed by atoms with Crippen LogP contribution in [0.15, 0.2) is 30.4 Å². The molecule has 0 radical (unpaired) electrons. The SMILES string of the molecule is C/C=C\CC(C)c1ccc(OCCC)cc1C. The minimum atomic E-state index is 0.575. The molecule has 1 atom stereocenters. The Hall–Kier alpha value is -1.24. The van der Waals surface area contributed by atoms with Crippen molar-refractivity contribution in [2.75, 3.05) is 6.61 Å². The Labute approximate surface area is 106 Å². The fraction of sp³-hybridized carbons (Fsp3) is 0.500. The first-order valence-corrected chi connectivity index (χ1v) is 6.53. The van der Waals surface area contributed by atoms with Gasteiger partial charge in [-0.2, -0.15) is 0 Å². The van der Waals surface area contributed by atoms with Gasteiger partial charge in [0.25, 0.3) is 0 Å². The van der Waals surface area contributed by atoms with E-state index in [9.17, 15) is 0 Å². The minimum absolute atomic E-state index is 0.575. The number of aryl methyl sites for hydroxylation is 1. The summed E-state index contributed by atoms with van der Waals surface area (Å²) in [5.41, 5.74) is 2.75. The van der Waals surface area contributed by atoms with E-state index in [1.54, 1.807) is 0 Å². The Morgan fingerprint density at radius 3 is 2.71 bits per heavy atom. The maximum absolute atomic E-state index is 5.64. The van der Waals surface area contributed by atoms with Gasteiger partial charge in [-0.05, 0) is 55.9 Å². The molecule has 0 saturated heterocycles. The predicted octanol–water partition coefficient (Wildman–Crippen LogP) is 4.85. The Kier molecular flexibility index (Phi) is 5.82. The second kappa shape index (κ2) is 7.16. The van der Waals surface area contributed by atoms with Gasteiger partial charge in [-0.25, -0.2) is 0 Å². The van der Waals surface area contributed by atoms with Gasteiger partial charge in [-0.15, -0.1) is 0 Å². The first-order chi connectivity index (χ1) is 8.19. The highest BCUT2D eigenvalue weighted by Gasteiger charge is 2.07. The topological polar surface area (TPSA) is 9.23 Å². The van der Waals surface area contributed by atoms with Crippen LogP contribution in [0.4, 0.5) is 0 Å². The Balaban J connectivity index is 2.74. The molecule has 0 aliphatic carbocycles. The third kappa shape index (κ3) is 4.26.